The van der Waals surface area contributed by atoms with Gasteiger partial charge in [0, 0.05) is 18.7 Å². The van der Waals surface area contributed by atoms with Crippen LogP contribution in [-0.2, 0) is 20.9 Å². The van der Waals surface area contributed by atoms with Gasteiger partial charge in [0.25, 0.3) is 0 Å². The van der Waals surface area contributed by atoms with Gasteiger partial charge >= 0.3 is 5.97 Å². The van der Waals surface area contributed by atoms with E-state index in [1.54, 1.807) is 11.9 Å². The molecule has 1 saturated carbocycles. The molecule has 1 saturated heterocycles. The zero-order valence-electron chi connectivity index (χ0n) is 15.5. The highest BCUT2D eigenvalue weighted by Crippen LogP contribution is 2.44. The van der Waals surface area contributed by atoms with E-state index in [0.29, 0.717) is 12.3 Å². The molecule has 27 heavy (non-hydrogen) atoms. The monoisotopic (exact) mass is 368 g/mol. The quantitative estimate of drug-likeness (QED) is 0.772. The van der Waals surface area contributed by atoms with Gasteiger partial charge in [-0.05, 0) is 25.7 Å². The van der Waals surface area contributed by atoms with E-state index in [9.17, 15) is 9.59 Å². The smallest absolute Gasteiger partial charge is 0.307 e. The highest BCUT2D eigenvalue weighted by molar-refractivity contribution is 5.87. The van der Waals surface area contributed by atoms with Crippen molar-refractivity contribution >= 4 is 11.9 Å². The van der Waals surface area contributed by atoms with Gasteiger partial charge in [-0.25, -0.2) is 0 Å². The molecule has 6 heteroatoms. The van der Waals surface area contributed by atoms with Crippen LogP contribution in [0.2, 0.25) is 0 Å². The Morgan fingerprint density at radius 1 is 1.22 bits per heavy atom. The Balaban J connectivity index is 1.46. The zero-order valence-corrected chi connectivity index (χ0v) is 15.5. The van der Waals surface area contributed by atoms with Gasteiger partial charge in [-0.2, -0.15) is 0 Å². The molecule has 0 bridgehead atoms. The summed E-state index contributed by atoms with van der Waals surface area (Å²) in [4.78, 5) is 26.7. The largest absolute Gasteiger partial charge is 0.458 e. The fourth-order valence-corrected chi connectivity index (χ4v) is 4.32. The van der Waals surface area contributed by atoms with E-state index in [2.05, 4.69) is 5.16 Å². The number of ether oxygens (including phenoxy) is 1. The number of rotatable bonds is 4. The number of nitrogens with zero attached hydrogens (tertiary/aromatic N) is 2. The molecule has 1 spiro atoms. The van der Waals surface area contributed by atoms with Gasteiger partial charge in [0.1, 0.15) is 11.3 Å². The predicted octanol–water partition coefficient (Wildman–Crippen LogP) is 3.57. The second kappa shape index (κ2) is 7.18. The maximum Gasteiger partial charge on any atom is 0.307 e. The SMILES string of the molecule is CN(Cc1cc(-c2ccccc2)no1)C(=O)C1CC(=O)OC12CCCCC2. The van der Waals surface area contributed by atoms with Gasteiger partial charge < -0.3 is 14.2 Å². The second-order valence-electron chi connectivity index (χ2n) is 7.60. The Hall–Kier alpha value is -2.63. The highest BCUT2D eigenvalue weighted by atomic mass is 16.6. The van der Waals surface area contributed by atoms with Crippen LogP contribution in [0, 0.1) is 5.92 Å². The van der Waals surface area contributed by atoms with Crippen LogP contribution in [0.5, 0.6) is 0 Å². The Morgan fingerprint density at radius 2 is 1.96 bits per heavy atom. The van der Waals surface area contributed by atoms with Crippen LogP contribution in [0.25, 0.3) is 11.3 Å². The van der Waals surface area contributed by atoms with E-state index in [1.165, 1.54) is 0 Å². The maximum atomic E-state index is 13.1. The molecular weight excluding hydrogens is 344 g/mol. The Bertz CT molecular complexity index is 824. The summed E-state index contributed by atoms with van der Waals surface area (Å²) in [6.07, 6.45) is 4.88. The van der Waals surface area contributed by atoms with E-state index in [4.69, 9.17) is 9.26 Å². The fraction of sp³-hybridized carbons (Fsp3) is 0.476. The lowest BCUT2D eigenvalue weighted by Gasteiger charge is -2.37. The molecule has 142 valence electrons. The lowest BCUT2D eigenvalue weighted by Crippen LogP contribution is -2.46. The van der Waals surface area contributed by atoms with E-state index in [0.717, 1.165) is 43.4 Å². The third-order valence-corrected chi connectivity index (χ3v) is 5.72. The summed E-state index contributed by atoms with van der Waals surface area (Å²) in [5.74, 6) is -0.0884. The van der Waals surface area contributed by atoms with Gasteiger partial charge in [-0.15, -0.1) is 0 Å². The molecule has 1 aromatic carbocycles. The normalized spacial score (nSPS) is 21.2. The maximum absolute atomic E-state index is 13.1. The molecule has 1 aromatic heterocycles. The molecular formula is C21H24N2O4. The van der Waals surface area contributed by atoms with Crippen LogP contribution < -0.4 is 0 Å². The summed E-state index contributed by atoms with van der Waals surface area (Å²) in [7, 11) is 1.74. The molecule has 4 rings (SSSR count). The Morgan fingerprint density at radius 3 is 2.70 bits per heavy atom. The minimum Gasteiger partial charge on any atom is -0.458 e. The van der Waals surface area contributed by atoms with Crippen molar-refractivity contribution in [3.8, 4) is 11.3 Å². The summed E-state index contributed by atoms with van der Waals surface area (Å²) < 4.78 is 11.1. The standard InChI is InChI=1S/C21H24N2O4/c1-23(14-16-12-18(22-27-16)15-8-4-2-5-9-15)20(25)17-13-19(24)26-21(17)10-6-3-7-11-21/h2,4-5,8-9,12,17H,3,6-7,10-11,13-14H2,1H3. The summed E-state index contributed by atoms with van der Waals surface area (Å²) in [5.41, 5.74) is 1.11. The van der Waals surface area contributed by atoms with Crippen LogP contribution in [0.4, 0.5) is 0 Å². The van der Waals surface area contributed by atoms with Gasteiger partial charge in [0.15, 0.2) is 5.76 Å². The summed E-state index contributed by atoms with van der Waals surface area (Å²) in [5, 5.41) is 4.10. The minimum atomic E-state index is -0.600. The molecule has 1 amide bonds. The Kier molecular flexibility index (Phi) is 4.72. The second-order valence-corrected chi connectivity index (χ2v) is 7.60. The topological polar surface area (TPSA) is 72.6 Å². The van der Waals surface area contributed by atoms with Crippen molar-refractivity contribution in [1.82, 2.24) is 10.1 Å². The number of aromatic nitrogens is 1. The first kappa shape index (κ1) is 17.8. The molecule has 0 radical (unpaired) electrons. The number of amides is 1. The molecule has 6 nitrogen and oxygen atoms in total. The van der Waals surface area contributed by atoms with Gasteiger partial charge in [0.2, 0.25) is 5.91 Å². The van der Waals surface area contributed by atoms with E-state index < -0.39 is 11.5 Å². The number of esters is 1. The average Bonchev–Trinajstić information content (AvgIpc) is 3.27. The number of hydrogen-bond donors (Lipinski definition) is 0. The van der Waals surface area contributed by atoms with Crippen molar-refractivity contribution in [2.45, 2.75) is 50.7 Å². The number of benzene rings is 1. The van der Waals surface area contributed by atoms with Crippen LogP contribution in [0.3, 0.4) is 0 Å². The van der Waals surface area contributed by atoms with Crippen molar-refractivity contribution < 1.29 is 18.8 Å². The van der Waals surface area contributed by atoms with Crippen molar-refractivity contribution in [3.05, 3.63) is 42.2 Å². The number of hydrogen-bond acceptors (Lipinski definition) is 5. The van der Waals surface area contributed by atoms with Crippen molar-refractivity contribution in [2.24, 2.45) is 5.92 Å². The molecule has 2 heterocycles. The third-order valence-electron chi connectivity index (χ3n) is 5.72. The highest BCUT2D eigenvalue weighted by Gasteiger charge is 2.53. The summed E-state index contributed by atoms with van der Waals surface area (Å²) in [6, 6.07) is 11.6. The van der Waals surface area contributed by atoms with E-state index in [-0.39, 0.29) is 18.3 Å². The van der Waals surface area contributed by atoms with Gasteiger partial charge in [0.05, 0.1) is 18.9 Å². The van der Waals surface area contributed by atoms with Crippen LogP contribution in [0.15, 0.2) is 40.9 Å². The van der Waals surface area contributed by atoms with Crippen LogP contribution >= 0.6 is 0 Å². The first-order valence-electron chi connectivity index (χ1n) is 9.55. The first-order chi connectivity index (χ1) is 13.1. The molecule has 1 unspecified atom stereocenters. The van der Waals surface area contributed by atoms with E-state index in [1.807, 2.05) is 36.4 Å². The average molecular weight is 368 g/mol. The van der Waals surface area contributed by atoms with Gasteiger partial charge in [-0.3, -0.25) is 9.59 Å². The molecule has 0 N–H and O–H groups in total. The fourth-order valence-electron chi connectivity index (χ4n) is 4.32. The number of carbonyl (C=O) groups is 2. The lowest BCUT2D eigenvalue weighted by molar-refractivity contribution is -0.155. The van der Waals surface area contributed by atoms with E-state index >= 15 is 0 Å². The van der Waals surface area contributed by atoms with Crippen LogP contribution in [0.1, 0.15) is 44.3 Å². The molecule has 1 aliphatic heterocycles. The molecule has 1 atom stereocenters. The summed E-state index contributed by atoms with van der Waals surface area (Å²) >= 11 is 0. The predicted molar refractivity (Wildman–Crippen MR) is 98.4 cm³/mol. The Labute approximate surface area is 158 Å². The molecule has 1 aliphatic carbocycles. The first-order valence-corrected chi connectivity index (χ1v) is 9.55. The molecule has 2 aliphatic rings. The van der Waals surface area contributed by atoms with Crippen LogP contribution in [-0.4, -0.2) is 34.6 Å². The molecule has 2 aromatic rings. The van der Waals surface area contributed by atoms with Crippen molar-refractivity contribution in [2.75, 3.05) is 7.05 Å². The third kappa shape index (κ3) is 3.48. The van der Waals surface area contributed by atoms with Gasteiger partial charge in [-0.1, -0.05) is 41.9 Å². The minimum absolute atomic E-state index is 0.0552. The van der Waals surface area contributed by atoms with Crippen molar-refractivity contribution in [3.63, 3.8) is 0 Å². The molecule has 2 fully saturated rings. The lowest BCUT2D eigenvalue weighted by atomic mass is 9.75. The number of carbonyl (C=O) groups excluding carboxylic acids is 2. The zero-order chi connectivity index (χ0) is 18.9. The van der Waals surface area contributed by atoms with Crippen molar-refractivity contribution in [1.29, 1.82) is 0 Å². The summed E-state index contributed by atoms with van der Waals surface area (Å²) in [6.45, 7) is 0.319.